The predicted octanol–water partition coefficient (Wildman–Crippen LogP) is 4.69. The summed E-state index contributed by atoms with van der Waals surface area (Å²) in [7, 11) is 0. The van der Waals surface area contributed by atoms with Gasteiger partial charge in [-0.05, 0) is 49.2 Å². The van der Waals surface area contributed by atoms with E-state index < -0.39 is 0 Å². The topological polar surface area (TPSA) is 59.1 Å². The zero-order valence-electron chi connectivity index (χ0n) is 11.1. The van der Waals surface area contributed by atoms with Crippen molar-refractivity contribution in [2.75, 3.05) is 0 Å². The van der Waals surface area contributed by atoms with Gasteiger partial charge in [0.2, 0.25) is 0 Å². The van der Waals surface area contributed by atoms with Crippen molar-refractivity contribution in [2.45, 2.75) is 13.8 Å². The lowest BCUT2D eigenvalue weighted by molar-refractivity contribution is 0.478. The van der Waals surface area contributed by atoms with Gasteiger partial charge in [-0.25, -0.2) is 0 Å². The van der Waals surface area contributed by atoms with E-state index in [9.17, 15) is 0 Å². The highest BCUT2D eigenvalue weighted by Crippen LogP contribution is 2.32. The Balaban J connectivity index is 2.36. The third-order valence-electron chi connectivity index (χ3n) is 2.93. The Kier molecular flexibility index (Phi) is 4.21. The SMILES string of the molecule is Cc1cc(C(=N)N)c(C)cc1Oc1ccc(Cl)c(Cl)c1. The Hall–Kier alpha value is -1.71. The molecule has 0 unspecified atom stereocenters. The van der Waals surface area contributed by atoms with E-state index in [0.29, 0.717) is 27.1 Å². The quantitative estimate of drug-likeness (QED) is 0.638. The van der Waals surface area contributed by atoms with E-state index in [0.717, 1.165) is 11.1 Å². The molecule has 0 atom stereocenters. The molecule has 104 valence electrons. The third kappa shape index (κ3) is 3.06. The van der Waals surface area contributed by atoms with E-state index in [4.69, 9.17) is 39.1 Å². The second-order valence-corrected chi connectivity index (χ2v) is 5.34. The number of hydrogen-bond donors (Lipinski definition) is 2. The van der Waals surface area contributed by atoms with Gasteiger partial charge in [0.1, 0.15) is 17.3 Å². The molecule has 2 rings (SSSR count). The zero-order chi connectivity index (χ0) is 14.9. The number of nitrogens with two attached hydrogens (primary N) is 1. The lowest BCUT2D eigenvalue weighted by Crippen LogP contribution is -2.13. The van der Waals surface area contributed by atoms with Gasteiger partial charge in [0.15, 0.2) is 0 Å². The Morgan fingerprint density at radius 2 is 1.75 bits per heavy atom. The van der Waals surface area contributed by atoms with Crippen LogP contribution in [-0.4, -0.2) is 5.84 Å². The second-order valence-electron chi connectivity index (χ2n) is 4.52. The summed E-state index contributed by atoms with van der Waals surface area (Å²) in [6.07, 6.45) is 0. The minimum absolute atomic E-state index is 0.0479. The van der Waals surface area contributed by atoms with Gasteiger partial charge < -0.3 is 10.5 Å². The molecule has 0 aliphatic heterocycles. The highest BCUT2D eigenvalue weighted by Gasteiger charge is 2.09. The average Bonchev–Trinajstić information content (AvgIpc) is 2.37. The van der Waals surface area contributed by atoms with E-state index >= 15 is 0 Å². The molecule has 0 aromatic heterocycles. The number of aryl methyl sites for hydroxylation is 2. The van der Waals surface area contributed by atoms with Gasteiger partial charge in [-0.15, -0.1) is 0 Å². The molecule has 5 heteroatoms. The van der Waals surface area contributed by atoms with Crippen LogP contribution in [0.1, 0.15) is 16.7 Å². The number of ether oxygens (including phenoxy) is 1. The maximum atomic E-state index is 7.52. The van der Waals surface area contributed by atoms with Crippen LogP contribution < -0.4 is 10.5 Å². The Morgan fingerprint density at radius 3 is 2.35 bits per heavy atom. The maximum absolute atomic E-state index is 7.52. The van der Waals surface area contributed by atoms with Crippen LogP contribution in [0, 0.1) is 19.3 Å². The molecule has 0 spiro atoms. The van der Waals surface area contributed by atoms with Crippen LogP contribution in [0.25, 0.3) is 0 Å². The standard InChI is InChI=1S/C15H14Cl2N2O/c1-8-6-14(9(2)5-11(8)15(18)19)20-10-3-4-12(16)13(17)7-10/h3-7H,1-2H3,(H3,18,19). The second kappa shape index (κ2) is 5.73. The lowest BCUT2D eigenvalue weighted by atomic mass is 10.0. The van der Waals surface area contributed by atoms with Crippen LogP contribution in [0.15, 0.2) is 30.3 Å². The van der Waals surface area contributed by atoms with Crippen LogP contribution in [0.2, 0.25) is 10.0 Å². The number of nitrogen functional groups attached to an aromatic ring is 1. The molecule has 0 fully saturated rings. The van der Waals surface area contributed by atoms with Gasteiger partial charge in [0.05, 0.1) is 10.0 Å². The van der Waals surface area contributed by atoms with Crippen molar-refractivity contribution in [1.82, 2.24) is 0 Å². The van der Waals surface area contributed by atoms with Gasteiger partial charge in [0.25, 0.3) is 0 Å². The fraction of sp³-hybridized carbons (Fsp3) is 0.133. The first-order chi connectivity index (χ1) is 9.38. The molecule has 0 amide bonds. The van der Waals surface area contributed by atoms with Crippen LogP contribution in [0.3, 0.4) is 0 Å². The van der Waals surface area contributed by atoms with Crippen LogP contribution in [0.4, 0.5) is 0 Å². The zero-order valence-corrected chi connectivity index (χ0v) is 12.6. The first kappa shape index (κ1) is 14.7. The van der Waals surface area contributed by atoms with Crippen LogP contribution >= 0.6 is 23.2 Å². The summed E-state index contributed by atoms with van der Waals surface area (Å²) in [6, 6.07) is 8.80. The summed E-state index contributed by atoms with van der Waals surface area (Å²) >= 11 is 11.8. The average molecular weight is 309 g/mol. The van der Waals surface area contributed by atoms with Crippen molar-refractivity contribution in [3.8, 4) is 11.5 Å². The monoisotopic (exact) mass is 308 g/mol. The normalized spacial score (nSPS) is 10.4. The minimum atomic E-state index is 0.0479. The van der Waals surface area contributed by atoms with Crippen molar-refractivity contribution in [2.24, 2.45) is 5.73 Å². The van der Waals surface area contributed by atoms with E-state index in [1.54, 1.807) is 18.2 Å². The smallest absolute Gasteiger partial charge is 0.130 e. The van der Waals surface area contributed by atoms with Crippen molar-refractivity contribution in [3.05, 3.63) is 57.1 Å². The molecule has 0 aliphatic carbocycles. The van der Waals surface area contributed by atoms with Gasteiger partial charge in [-0.3, -0.25) is 5.41 Å². The molecule has 0 heterocycles. The van der Waals surface area contributed by atoms with Crippen LogP contribution in [0.5, 0.6) is 11.5 Å². The molecule has 3 nitrogen and oxygen atoms in total. The van der Waals surface area contributed by atoms with E-state index in [2.05, 4.69) is 0 Å². The van der Waals surface area contributed by atoms with E-state index in [1.807, 2.05) is 26.0 Å². The van der Waals surface area contributed by atoms with Gasteiger partial charge in [-0.1, -0.05) is 23.2 Å². The van der Waals surface area contributed by atoms with Gasteiger partial charge >= 0.3 is 0 Å². The largest absolute Gasteiger partial charge is 0.457 e. The number of nitrogens with one attached hydrogen (secondary N) is 1. The fourth-order valence-corrected chi connectivity index (χ4v) is 2.15. The van der Waals surface area contributed by atoms with Crippen molar-refractivity contribution < 1.29 is 4.74 Å². The summed E-state index contributed by atoms with van der Waals surface area (Å²) in [6.45, 7) is 3.79. The molecule has 0 saturated carbocycles. The number of rotatable bonds is 3. The van der Waals surface area contributed by atoms with E-state index in [1.165, 1.54) is 0 Å². The minimum Gasteiger partial charge on any atom is -0.457 e. The Bertz CT molecular complexity index is 684. The van der Waals surface area contributed by atoms with Crippen molar-refractivity contribution in [3.63, 3.8) is 0 Å². The van der Waals surface area contributed by atoms with Crippen LogP contribution in [-0.2, 0) is 0 Å². The van der Waals surface area contributed by atoms with Gasteiger partial charge in [0, 0.05) is 11.6 Å². The van der Waals surface area contributed by atoms with Crippen molar-refractivity contribution >= 4 is 29.0 Å². The summed E-state index contributed by atoms with van der Waals surface area (Å²) in [4.78, 5) is 0. The summed E-state index contributed by atoms with van der Waals surface area (Å²) in [5, 5.41) is 8.45. The Morgan fingerprint density at radius 1 is 1.05 bits per heavy atom. The highest BCUT2D eigenvalue weighted by atomic mass is 35.5. The molecule has 2 aromatic carbocycles. The molecule has 0 aliphatic rings. The molecular formula is C15H14Cl2N2O. The molecule has 0 bridgehead atoms. The van der Waals surface area contributed by atoms with Gasteiger partial charge in [-0.2, -0.15) is 0 Å². The van der Waals surface area contributed by atoms with Crippen molar-refractivity contribution in [1.29, 1.82) is 5.41 Å². The third-order valence-corrected chi connectivity index (χ3v) is 3.67. The molecule has 20 heavy (non-hydrogen) atoms. The molecule has 3 N–H and O–H groups in total. The first-order valence-corrected chi connectivity index (χ1v) is 6.72. The highest BCUT2D eigenvalue weighted by molar-refractivity contribution is 6.42. The predicted molar refractivity (Wildman–Crippen MR) is 83.5 cm³/mol. The summed E-state index contributed by atoms with van der Waals surface area (Å²) < 4.78 is 5.81. The molecular weight excluding hydrogens is 295 g/mol. The van der Waals surface area contributed by atoms with E-state index in [-0.39, 0.29) is 5.84 Å². The summed E-state index contributed by atoms with van der Waals surface area (Å²) in [5.74, 6) is 1.36. The number of benzene rings is 2. The number of halogens is 2. The fourth-order valence-electron chi connectivity index (χ4n) is 1.86. The first-order valence-electron chi connectivity index (χ1n) is 5.97. The number of amidine groups is 1. The molecule has 2 aromatic rings. The maximum Gasteiger partial charge on any atom is 0.130 e. The molecule has 0 saturated heterocycles. The molecule has 0 radical (unpaired) electrons. The summed E-state index contributed by atoms with van der Waals surface area (Å²) in [5.41, 5.74) is 8.03. The number of hydrogen-bond acceptors (Lipinski definition) is 2. The lowest BCUT2D eigenvalue weighted by Gasteiger charge is -2.13. The Labute approximate surface area is 127 Å².